The Hall–Kier alpha value is -1.64. The minimum absolute atomic E-state index is 0.0572. The molecule has 0 radical (unpaired) electrons. The Morgan fingerprint density at radius 2 is 1.74 bits per heavy atom. The first-order valence-corrected chi connectivity index (χ1v) is 12.9. The maximum Gasteiger partial charge on any atom is 0.243 e. The smallest absolute Gasteiger partial charge is 0.243 e. The van der Waals surface area contributed by atoms with Gasteiger partial charge in [0.25, 0.3) is 0 Å². The van der Waals surface area contributed by atoms with E-state index in [-0.39, 0.29) is 22.9 Å². The van der Waals surface area contributed by atoms with Gasteiger partial charge in [-0.25, -0.2) is 8.42 Å². The number of fused-ring (bicyclic) bond motifs is 2. The monoisotopic (exact) mass is 449 g/mol. The summed E-state index contributed by atoms with van der Waals surface area (Å²) in [7, 11) is -1.99. The summed E-state index contributed by atoms with van der Waals surface area (Å²) >= 11 is 0. The Labute approximate surface area is 186 Å². The second kappa shape index (κ2) is 9.08. The highest BCUT2D eigenvalue weighted by atomic mass is 32.2. The number of amides is 1. The van der Waals surface area contributed by atoms with Crippen molar-refractivity contribution in [1.82, 2.24) is 14.5 Å². The lowest BCUT2D eigenvalue weighted by Gasteiger charge is -2.37. The van der Waals surface area contributed by atoms with Crippen LogP contribution in [0.15, 0.2) is 29.2 Å². The summed E-state index contributed by atoms with van der Waals surface area (Å²) in [5.74, 6) is 2.95. The summed E-state index contributed by atoms with van der Waals surface area (Å²) < 4.78 is 32.5. The van der Waals surface area contributed by atoms with Crippen LogP contribution in [-0.4, -0.2) is 68.9 Å². The minimum atomic E-state index is -3.54. The number of carbonyl (C=O) groups is 1. The molecule has 3 fully saturated rings. The van der Waals surface area contributed by atoms with E-state index in [9.17, 15) is 13.2 Å². The molecule has 4 rings (SSSR count). The second-order valence-electron chi connectivity index (χ2n) is 9.43. The van der Waals surface area contributed by atoms with E-state index in [0.717, 1.165) is 11.8 Å². The molecule has 1 N–H and O–H groups in total. The van der Waals surface area contributed by atoms with Crippen LogP contribution in [0.5, 0.6) is 5.75 Å². The molecular weight excluding hydrogens is 414 g/mol. The zero-order valence-corrected chi connectivity index (χ0v) is 19.6. The van der Waals surface area contributed by atoms with Gasteiger partial charge in [-0.2, -0.15) is 4.31 Å². The van der Waals surface area contributed by atoms with Crippen molar-refractivity contribution in [2.24, 2.45) is 17.8 Å². The number of piperazine rings is 1. The molecule has 5 atom stereocenters. The molecule has 1 amide bonds. The lowest BCUT2D eigenvalue weighted by atomic mass is 9.84. The third-order valence-corrected chi connectivity index (χ3v) is 9.62. The number of ether oxygens (including phenoxy) is 1. The molecule has 1 saturated heterocycles. The number of sulfonamides is 1. The molecule has 2 saturated carbocycles. The van der Waals surface area contributed by atoms with Gasteiger partial charge in [0.05, 0.1) is 18.0 Å². The normalized spacial score (nSPS) is 28.9. The van der Waals surface area contributed by atoms with Crippen molar-refractivity contribution in [3.05, 3.63) is 24.3 Å². The second-order valence-corrected chi connectivity index (χ2v) is 11.4. The standard InChI is InChI=1S/C23H35N3O4S/c1-16(22-15-18-4-5-19(22)14-18)24-23(27)17(2)25-10-12-26(13-11-25)31(28,29)21-8-6-20(30-3)7-9-21/h6-9,16-19,22H,4-5,10-15H2,1-3H3,(H,24,27). The molecule has 1 aromatic rings. The summed E-state index contributed by atoms with van der Waals surface area (Å²) in [6.45, 7) is 5.94. The maximum absolute atomic E-state index is 12.9. The molecule has 2 bridgehead atoms. The molecule has 5 unspecified atom stereocenters. The predicted octanol–water partition coefficient (Wildman–Crippen LogP) is 2.33. The van der Waals surface area contributed by atoms with Gasteiger partial charge in [-0.1, -0.05) is 6.42 Å². The first-order valence-electron chi connectivity index (χ1n) is 11.5. The third kappa shape index (κ3) is 4.61. The van der Waals surface area contributed by atoms with E-state index in [4.69, 9.17) is 4.74 Å². The van der Waals surface area contributed by atoms with E-state index in [2.05, 4.69) is 17.1 Å². The summed E-state index contributed by atoms with van der Waals surface area (Å²) in [5, 5.41) is 3.26. The Morgan fingerprint density at radius 1 is 1.06 bits per heavy atom. The minimum Gasteiger partial charge on any atom is -0.497 e. The van der Waals surface area contributed by atoms with E-state index < -0.39 is 10.0 Å². The predicted molar refractivity (Wildman–Crippen MR) is 119 cm³/mol. The van der Waals surface area contributed by atoms with E-state index in [0.29, 0.717) is 37.8 Å². The van der Waals surface area contributed by atoms with Gasteiger partial charge in [-0.15, -0.1) is 0 Å². The van der Waals surface area contributed by atoms with Gasteiger partial charge >= 0.3 is 0 Å². The quantitative estimate of drug-likeness (QED) is 0.691. The highest BCUT2D eigenvalue weighted by Crippen LogP contribution is 2.49. The Morgan fingerprint density at radius 3 is 2.29 bits per heavy atom. The molecule has 31 heavy (non-hydrogen) atoms. The summed E-state index contributed by atoms with van der Waals surface area (Å²) in [6, 6.07) is 6.43. The topological polar surface area (TPSA) is 79.0 Å². The fraction of sp³-hybridized carbons (Fsp3) is 0.696. The van der Waals surface area contributed by atoms with Crippen molar-refractivity contribution in [1.29, 1.82) is 0 Å². The average Bonchev–Trinajstić information content (AvgIpc) is 3.42. The van der Waals surface area contributed by atoms with Gasteiger partial charge in [0.1, 0.15) is 5.75 Å². The number of nitrogens with one attached hydrogen (secondary N) is 1. The number of rotatable bonds is 7. The average molecular weight is 450 g/mol. The lowest BCUT2D eigenvalue weighted by Crippen LogP contribution is -2.56. The summed E-state index contributed by atoms with van der Waals surface area (Å²) in [6.07, 6.45) is 5.27. The maximum atomic E-state index is 12.9. The van der Waals surface area contributed by atoms with Gasteiger partial charge in [-0.05, 0) is 75.1 Å². The third-order valence-electron chi connectivity index (χ3n) is 7.70. The van der Waals surface area contributed by atoms with Crippen molar-refractivity contribution in [2.75, 3.05) is 33.3 Å². The Balaban J connectivity index is 1.29. The van der Waals surface area contributed by atoms with Crippen LogP contribution in [-0.2, 0) is 14.8 Å². The van der Waals surface area contributed by atoms with E-state index in [1.165, 1.54) is 30.0 Å². The summed E-state index contributed by atoms with van der Waals surface area (Å²) in [5.41, 5.74) is 0. The van der Waals surface area contributed by atoms with Crippen molar-refractivity contribution in [2.45, 2.75) is 56.5 Å². The van der Waals surface area contributed by atoms with Crippen LogP contribution in [0.3, 0.4) is 0 Å². The molecular formula is C23H35N3O4S. The number of hydrogen-bond acceptors (Lipinski definition) is 5. The van der Waals surface area contributed by atoms with Crippen molar-refractivity contribution in [3.63, 3.8) is 0 Å². The molecule has 2 aliphatic carbocycles. The molecule has 172 valence electrons. The fourth-order valence-corrected chi connectivity index (χ4v) is 7.17. The number of nitrogens with zero attached hydrogens (tertiary/aromatic N) is 2. The lowest BCUT2D eigenvalue weighted by molar-refractivity contribution is -0.127. The Bertz CT molecular complexity index is 881. The fourth-order valence-electron chi connectivity index (χ4n) is 5.75. The van der Waals surface area contributed by atoms with Crippen LogP contribution in [0, 0.1) is 17.8 Å². The van der Waals surface area contributed by atoms with Gasteiger partial charge in [0.15, 0.2) is 0 Å². The van der Waals surface area contributed by atoms with Crippen LogP contribution < -0.4 is 10.1 Å². The van der Waals surface area contributed by atoms with E-state index in [1.807, 2.05) is 6.92 Å². The first-order chi connectivity index (χ1) is 14.8. The van der Waals surface area contributed by atoms with Gasteiger partial charge in [0.2, 0.25) is 15.9 Å². The van der Waals surface area contributed by atoms with Gasteiger partial charge in [-0.3, -0.25) is 9.69 Å². The highest BCUT2D eigenvalue weighted by molar-refractivity contribution is 7.89. The van der Waals surface area contributed by atoms with Crippen LogP contribution in [0.1, 0.15) is 39.5 Å². The van der Waals surface area contributed by atoms with Gasteiger partial charge in [0, 0.05) is 32.2 Å². The number of carbonyl (C=O) groups excluding carboxylic acids is 1. The van der Waals surface area contributed by atoms with E-state index in [1.54, 1.807) is 31.4 Å². The molecule has 3 aliphatic rings. The highest BCUT2D eigenvalue weighted by Gasteiger charge is 2.42. The number of hydrogen-bond donors (Lipinski definition) is 1. The van der Waals surface area contributed by atoms with Crippen LogP contribution >= 0.6 is 0 Å². The molecule has 0 aromatic heterocycles. The molecule has 1 aliphatic heterocycles. The Kier molecular flexibility index (Phi) is 6.60. The van der Waals surface area contributed by atoms with Crippen LogP contribution in [0.4, 0.5) is 0 Å². The molecule has 7 nitrogen and oxygen atoms in total. The van der Waals surface area contributed by atoms with Crippen molar-refractivity contribution in [3.8, 4) is 5.75 Å². The first kappa shape index (κ1) is 22.6. The van der Waals surface area contributed by atoms with E-state index >= 15 is 0 Å². The zero-order chi connectivity index (χ0) is 22.2. The zero-order valence-electron chi connectivity index (χ0n) is 18.8. The molecule has 1 aromatic carbocycles. The van der Waals surface area contributed by atoms with Crippen LogP contribution in [0.25, 0.3) is 0 Å². The molecule has 1 heterocycles. The number of benzene rings is 1. The molecule has 8 heteroatoms. The number of methoxy groups -OCH3 is 1. The summed E-state index contributed by atoms with van der Waals surface area (Å²) in [4.78, 5) is 15.2. The molecule has 0 spiro atoms. The largest absolute Gasteiger partial charge is 0.497 e. The van der Waals surface area contributed by atoms with Gasteiger partial charge < -0.3 is 10.1 Å². The SMILES string of the molecule is COc1ccc(S(=O)(=O)N2CCN(C(C)C(=O)NC(C)C3CC4CCC3C4)CC2)cc1. The van der Waals surface area contributed by atoms with Crippen LogP contribution in [0.2, 0.25) is 0 Å². The van der Waals surface area contributed by atoms with Crippen molar-refractivity contribution >= 4 is 15.9 Å². The van der Waals surface area contributed by atoms with Crippen molar-refractivity contribution < 1.29 is 17.9 Å².